The summed E-state index contributed by atoms with van der Waals surface area (Å²) >= 11 is 4.57. The third-order valence-electron chi connectivity index (χ3n) is 2.72. The van der Waals surface area contributed by atoms with Crippen LogP contribution < -0.4 is 10.0 Å². The summed E-state index contributed by atoms with van der Waals surface area (Å²) in [7, 11) is -3.56. The Balaban J connectivity index is 2.11. The number of aromatic nitrogens is 1. The normalized spacial score (nSPS) is 11.5. The number of likely N-dealkylation sites (N-methyl/N-ethyl adjacent to an activating group) is 1. The van der Waals surface area contributed by atoms with Gasteiger partial charge >= 0.3 is 0 Å². The molecule has 21 heavy (non-hydrogen) atoms. The highest BCUT2D eigenvalue weighted by Gasteiger charge is 2.18. The first-order chi connectivity index (χ1) is 10.0. The number of hydrogen-bond acceptors (Lipinski definition) is 5. The molecule has 2 aromatic heterocycles. The van der Waals surface area contributed by atoms with Crippen LogP contribution in [0, 0.1) is 0 Å². The van der Waals surface area contributed by atoms with E-state index in [1.165, 1.54) is 11.3 Å². The Bertz CT molecular complexity index is 701. The minimum Gasteiger partial charge on any atom is -0.317 e. The average Bonchev–Trinajstić information content (AvgIpc) is 2.91. The average molecular weight is 390 g/mol. The van der Waals surface area contributed by atoms with Gasteiger partial charge in [0, 0.05) is 17.3 Å². The lowest BCUT2D eigenvalue weighted by Gasteiger charge is -2.07. The smallest absolute Gasteiger partial charge is 0.271 e. The molecule has 2 N–H and O–H groups in total. The highest BCUT2D eigenvalue weighted by Crippen LogP contribution is 2.27. The Morgan fingerprint density at radius 2 is 2.14 bits per heavy atom. The number of pyridine rings is 1. The number of thiophene rings is 1. The third-order valence-corrected chi connectivity index (χ3v) is 6.35. The molecule has 0 bridgehead atoms. The highest BCUT2D eigenvalue weighted by molar-refractivity contribution is 9.10. The summed E-state index contributed by atoms with van der Waals surface area (Å²) in [5.74, 6) is 0. The molecule has 0 amide bonds. The summed E-state index contributed by atoms with van der Waals surface area (Å²) in [6, 6.07) is 5.11. The molecular formula is C13H16BrN3O2S2. The number of nitrogens with one attached hydrogen (secondary N) is 2. The number of anilines is 1. The molecule has 0 unspecified atom stereocenters. The third kappa shape index (κ3) is 4.50. The van der Waals surface area contributed by atoms with E-state index < -0.39 is 10.0 Å². The van der Waals surface area contributed by atoms with Crippen LogP contribution in [0.5, 0.6) is 0 Å². The maximum atomic E-state index is 12.3. The Morgan fingerprint density at radius 1 is 1.33 bits per heavy atom. The topological polar surface area (TPSA) is 71.1 Å². The number of nitrogens with zero attached hydrogens (tertiary/aromatic N) is 1. The number of sulfonamides is 1. The molecule has 0 radical (unpaired) electrons. The first-order valence-electron chi connectivity index (χ1n) is 6.44. The van der Waals surface area contributed by atoms with Crippen LogP contribution in [-0.4, -0.2) is 26.5 Å². The summed E-state index contributed by atoms with van der Waals surface area (Å²) in [5, 5.41) is 3.22. The second-order valence-corrected chi connectivity index (χ2v) is 8.22. The molecule has 2 rings (SSSR count). The van der Waals surface area contributed by atoms with E-state index in [0.29, 0.717) is 14.4 Å². The van der Waals surface area contributed by atoms with Gasteiger partial charge in [0.1, 0.15) is 4.21 Å². The van der Waals surface area contributed by atoms with Crippen molar-refractivity contribution >= 4 is 43.0 Å². The SMILES string of the molecule is CCNCCc1ccc(S(=O)(=O)Nc2ccncc2Br)s1. The second kappa shape index (κ2) is 7.35. The van der Waals surface area contributed by atoms with Crippen molar-refractivity contribution in [1.82, 2.24) is 10.3 Å². The Kier molecular flexibility index (Phi) is 5.74. The molecule has 2 aromatic rings. The lowest BCUT2D eigenvalue weighted by molar-refractivity contribution is 0.603. The van der Waals surface area contributed by atoms with E-state index in [1.54, 1.807) is 24.5 Å². The zero-order valence-corrected chi connectivity index (χ0v) is 14.7. The molecule has 0 atom stereocenters. The second-order valence-electron chi connectivity index (χ2n) is 4.29. The van der Waals surface area contributed by atoms with Crippen molar-refractivity contribution in [3.8, 4) is 0 Å². The van der Waals surface area contributed by atoms with Crippen molar-refractivity contribution in [3.63, 3.8) is 0 Å². The quantitative estimate of drug-likeness (QED) is 0.714. The van der Waals surface area contributed by atoms with E-state index in [-0.39, 0.29) is 0 Å². The molecule has 0 fully saturated rings. The minimum absolute atomic E-state index is 0.317. The summed E-state index contributed by atoms with van der Waals surface area (Å²) in [5.41, 5.74) is 0.479. The van der Waals surface area contributed by atoms with Gasteiger partial charge in [-0.2, -0.15) is 0 Å². The monoisotopic (exact) mass is 389 g/mol. The summed E-state index contributed by atoms with van der Waals surface area (Å²) < 4.78 is 28.2. The van der Waals surface area contributed by atoms with Crippen LogP contribution in [0.4, 0.5) is 5.69 Å². The van der Waals surface area contributed by atoms with Crippen LogP contribution in [0.25, 0.3) is 0 Å². The molecule has 0 aliphatic heterocycles. The van der Waals surface area contributed by atoms with Crippen molar-refractivity contribution in [1.29, 1.82) is 0 Å². The maximum absolute atomic E-state index is 12.3. The largest absolute Gasteiger partial charge is 0.317 e. The van der Waals surface area contributed by atoms with Gasteiger partial charge in [0.2, 0.25) is 0 Å². The standard InChI is InChI=1S/C13H16BrN3O2S2/c1-2-15-7-5-10-3-4-13(20-10)21(18,19)17-12-6-8-16-9-11(12)14/h3-4,6,8-9,15H,2,5,7H2,1H3,(H,16,17). The van der Waals surface area contributed by atoms with E-state index in [2.05, 4.69) is 31.0 Å². The van der Waals surface area contributed by atoms with Gasteiger partial charge in [-0.05, 0) is 53.6 Å². The lowest BCUT2D eigenvalue weighted by Crippen LogP contribution is -2.15. The lowest BCUT2D eigenvalue weighted by atomic mass is 10.3. The predicted molar refractivity (Wildman–Crippen MR) is 89.3 cm³/mol. The van der Waals surface area contributed by atoms with E-state index in [0.717, 1.165) is 24.4 Å². The fourth-order valence-corrected chi connectivity index (χ4v) is 4.59. The summed E-state index contributed by atoms with van der Waals surface area (Å²) in [6.45, 7) is 3.80. The van der Waals surface area contributed by atoms with Gasteiger partial charge in [-0.3, -0.25) is 9.71 Å². The Labute approximate surface area is 137 Å². The van der Waals surface area contributed by atoms with Crippen molar-refractivity contribution in [3.05, 3.63) is 39.9 Å². The van der Waals surface area contributed by atoms with Crippen LogP contribution in [-0.2, 0) is 16.4 Å². The molecule has 0 saturated carbocycles. The van der Waals surface area contributed by atoms with E-state index >= 15 is 0 Å². The van der Waals surface area contributed by atoms with Crippen LogP contribution in [0.2, 0.25) is 0 Å². The molecule has 2 heterocycles. The van der Waals surface area contributed by atoms with E-state index in [4.69, 9.17) is 0 Å². The van der Waals surface area contributed by atoms with E-state index in [1.807, 2.05) is 13.0 Å². The number of rotatable bonds is 7. The van der Waals surface area contributed by atoms with Gasteiger partial charge in [0.05, 0.1) is 10.2 Å². The number of halogens is 1. The van der Waals surface area contributed by atoms with Gasteiger partial charge in [-0.15, -0.1) is 11.3 Å². The van der Waals surface area contributed by atoms with Gasteiger partial charge in [0.25, 0.3) is 10.0 Å². The minimum atomic E-state index is -3.56. The van der Waals surface area contributed by atoms with Gasteiger partial charge < -0.3 is 5.32 Å². The van der Waals surface area contributed by atoms with Gasteiger partial charge in [-0.25, -0.2) is 8.42 Å². The molecule has 8 heteroatoms. The predicted octanol–water partition coefficient (Wildman–Crippen LogP) is 2.86. The van der Waals surface area contributed by atoms with Crippen molar-refractivity contribution in [2.45, 2.75) is 17.6 Å². The molecule has 0 saturated heterocycles. The fraction of sp³-hybridized carbons (Fsp3) is 0.308. The van der Waals surface area contributed by atoms with E-state index in [9.17, 15) is 8.42 Å². The van der Waals surface area contributed by atoms with Crippen molar-refractivity contribution in [2.75, 3.05) is 17.8 Å². The number of hydrogen-bond donors (Lipinski definition) is 2. The van der Waals surface area contributed by atoms with Crippen LogP contribution in [0.3, 0.4) is 0 Å². The molecule has 0 aromatic carbocycles. The first-order valence-corrected chi connectivity index (χ1v) is 9.54. The van der Waals surface area contributed by atoms with Crippen molar-refractivity contribution in [2.24, 2.45) is 0 Å². The molecular weight excluding hydrogens is 374 g/mol. The molecule has 5 nitrogen and oxygen atoms in total. The van der Waals surface area contributed by atoms with Crippen molar-refractivity contribution < 1.29 is 8.42 Å². The van der Waals surface area contributed by atoms with Crippen LogP contribution >= 0.6 is 27.3 Å². The zero-order valence-electron chi connectivity index (χ0n) is 11.5. The maximum Gasteiger partial charge on any atom is 0.271 e. The Morgan fingerprint density at radius 3 is 2.86 bits per heavy atom. The zero-order chi connectivity index (χ0) is 15.3. The highest BCUT2D eigenvalue weighted by atomic mass is 79.9. The summed E-state index contributed by atoms with van der Waals surface area (Å²) in [4.78, 5) is 4.95. The molecule has 0 aliphatic rings. The Hall–Kier alpha value is -0.960. The summed E-state index contributed by atoms with van der Waals surface area (Å²) in [6.07, 6.45) is 3.92. The first kappa shape index (κ1) is 16.4. The van der Waals surface area contributed by atoms with Crippen LogP contribution in [0.15, 0.2) is 39.3 Å². The molecule has 0 spiro atoms. The molecule has 0 aliphatic carbocycles. The van der Waals surface area contributed by atoms with Crippen LogP contribution in [0.1, 0.15) is 11.8 Å². The van der Waals surface area contributed by atoms with Gasteiger partial charge in [0.15, 0.2) is 0 Å². The molecule has 114 valence electrons. The van der Waals surface area contributed by atoms with Gasteiger partial charge in [-0.1, -0.05) is 6.92 Å². The fourth-order valence-electron chi connectivity index (χ4n) is 1.68.